The van der Waals surface area contributed by atoms with Crippen molar-refractivity contribution >= 4 is 27.1 Å². The van der Waals surface area contributed by atoms with Crippen molar-refractivity contribution in [1.82, 2.24) is 9.38 Å². The molecule has 0 aliphatic heterocycles. The number of nitrogens with two attached hydrogens (primary N) is 1. The maximum atomic E-state index is 5.85. The smallest absolute Gasteiger partial charge is 0.146 e. The summed E-state index contributed by atoms with van der Waals surface area (Å²) in [4.78, 5) is 4.59. The van der Waals surface area contributed by atoms with Crippen LogP contribution in [-0.4, -0.2) is 9.38 Å². The standard InChI is InChI=1S/C14H12BrN3/c1-9-4-2-3-5-11(9)14-17-13(15)12-7-6-10(16)8-18(12)14/h2-8H,16H2,1H3. The molecule has 3 rings (SSSR count). The maximum Gasteiger partial charge on any atom is 0.146 e. The van der Waals surface area contributed by atoms with Gasteiger partial charge in [0.05, 0.1) is 5.52 Å². The zero-order valence-electron chi connectivity index (χ0n) is 9.89. The number of halogens is 1. The summed E-state index contributed by atoms with van der Waals surface area (Å²) in [7, 11) is 0. The molecule has 0 unspecified atom stereocenters. The predicted octanol–water partition coefficient (Wildman–Crippen LogP) is 3.65. The third kappa shape index (κ3) is 1.69. The molecule has 0 aliphatic carbocycles. The molecule has 0 atom stereocenters. The average Bonchev–Trinajstić information content (AvgIpc) is 2.67. The van der Waals surface area contributed by atoms with Crippen LogP contribution < -0.4 is 5.73 Å². The second-order valence-corrected chi connectivity index (χ2v) is 5.01. The minimum Gasteiger partial charge on any atom is -0.398 e. The Kier molecular flexibility index (Phi) is 2.59. The Balaban J connectivity index is 2.36. The number of aromatic nitrogens is 2. The number of nitrogens with zero attached hydrogens (tertiary/aromatic N) is 2. The highest BCUT2D eigenvalue weighted by Gasteiger charge is 2.12. The van der Waals surface area contributed by atoms with E-state index < -0.39 is 0 Å². The highest BCUT2D eigenvalue weighted by atomic mass is 79.9. The lowest BCUT2D eigenvalue weighted by Gasteiger charge is -2.05. The van der Waals surface area contributed by atoms with Crippen LogP contribution in [0.4, 0.5) is 5.69 Å². The van der Waals surface area contributed by atoms with Crippen LogP contribution in [0.2, 0.25) is 0 Å². The molecule has 3 nitrogen and oxygen atoms in total. The lowest BCUT2D eigenvalue weighted by molar-refractivity contribution is 1.16. The molecule has 2 aromatic heterocycles. The number of benzene rings is 1. The van der Waals surface area contributed by atoms with Gasteiger partial charge in [-0.15, -0.1) is 0 Å². The summed E-state index contributed by atoms with van der Waals surface area (Å²) in [5.74, 6) is 0.905. The van der Waals surface area contributed by atoms with Crippen LogP contribution >= 0.6 is 15.9 Å². The first-order chi connectivity index (χ1) is 8.66. The van der Waals surface area contributed by atoms with Gasteiger partial charge in [0.25, 0.3) is 0 Å². The molecule has 3 aromatic rings. The van der Waals surface area contributed by atoms with E-state index in [2.05, 4.69) is 40.0 Å². The van der Waals surface area contributed by atoms with E-state index in [1.807, 2.05) is 34.9 Å². The Morgan fingerprint density at radius 3 is 2.72 bits per heavy atom. The molecular weight excluding hydrogens is 290 g/mol. The molecule has 0 spiro atoms. The molecule has 1 aromatic carbocycles. The predicted molar refractivity (Wildman–Crippen MR) is 77.5 cm³/mol. The number of aryl methyl sites for hydroxylation is 1. The Morgan fingerprint density at radius 2 is 1.94 bits per heavy atom. The molecule has 18 heavy (non-hydrogen) atoms. The van der Waals surface area contributed by atoms with Crippen LogP contribution in [0.3, 0.4) is 0 Å². The molecule has 0 aliphatic rings. The monoisotopic (exact) mass is 301 g/mol. The fourth-order valence-electron chi connectivity index (χ4n) is 2.08. The number of pyridine rings is 1. The Labute approximate surface area is 113 Å². The number of rotatable bonds is 1. The number of hydrogen-bond donors (Lipinski definition) is 1. The SMILES string of the molecule is Cc1ccccc1-c1nc(Br)c2ccc(N)cn12. The third-order valence-corrected chi connectivity index (χ3v) is 3.58. The summed E-state index contributed by atoms with van der Waals surface area (Å²) < 4.78 is 2.85. The Bertz CT molecular complexity index is 731. The van der Waals surface area contributed by atoms with Gasteiger partial charge >= 0.3 is 0 Å². The van der Waals surface area contributed by atoms with Gasteiger partial charge in [-0.25, -0.2) is 4.98 Å². The van der Waals surface area contributed by atoms with Crippen LogP contribution in [0.1, 0.15) is 5.56 Å². The van der Waals surface area contributed by atoms with E-state index in [9.17, 15) is 0 Å². The summed E-state index contributed by atoms with van der Waals surface area (Å²) in [5.41, 5.74) is 9.90. The minimum atomic E-state index is 0.724. The topological polar surface area (TPSA) is 43.3 Å². The van der Waals surface area contributed by atoms with Crippen molar-refractivity contribution in [3.05, 3.63) is 52.8 Å². The van der Waals surface area contributed by atoms with Gasteiger partial charge in [-0.05, 0) is 40.5 Å². The summed E-state index contributed by atoms with van der Waals surface area (Å²) in [6, 6.07) is 12.0. The number of nitrogen functional groups attached to an aromatic ring is 1. The highest BCUT2D eigenvalue weighted by molar-refractivity contribution is 9.10. The van der Waals surface area contributed by atoms with E-state index in [4.69, 9.17) is 5.73 Å². The fourth-order valence-corrected chi connectivity index (χ4v) is 2.57. The molecule has 0 fully saturated rings. The van der Waals surface area contributed by atoms with Crippen molar-refractivity contribution in [2.45, 2.75) is 6.92 Å². The zero-order valence-corrected chi connectivity index (χ0v) is 11.5. The Hall–Kier alpha value is -1.81. The number of fused-ring (bicyclic) bond motifs is 1. The number of imidazole rings is 1. The van der Waals surface area contributed by atoms with Crippen LogP contribution in [0.25, 0.3) is 16.9 Å². The number of anilines is 1. The minimum absolute atomic E-state index is 0.724. The van der Waals surface area contributed by atoms with E-state index >= 15 is 0 Å². The van der Waals surface area contributed by atoms with E-state index in [-0.39, 0.29) is 0 Å². The molecule has 0 amide bonds. The molecule has 0 bridgehead atoms. The third-order valence-electron chi connectivity index (χ3n) is 3.00. The van der Waals surface area contributed by atoms with Crippen molar-refractivity contribution in [1.29, 1.82) is 0 Å². The maximum absolute atomic E-state index is 5.85. The molecule has 90 valence electrons. The molecule has 2 N–H and O–H groups in total. The fraction of sp³-hybridized carbons (Fsp3) is 0.0714. The molecular formula is C14H12BrN3. The second-order valence-electron chi connectivity index (χ2n) is 4.26. The van der Waals surface area contributed by atoms with Gasteiger partial charge in [0.15, 0.2) is 0 Å². The van der Waals surface area contributed by atoms with E-state index in [1.54, 1.807) is 0 Å². The van der Waals surface area contributed by atoms with E-state index in [0.717, 1.165) is 27.2 Å². The van der Waals surface area contributed by atoms with Gasteiger partial charge in [0.1, 0.15) is 10.4 Å². The molecule has 4 heteroatoms. The van der Waals surface area contributed by atoms with Gasteiger partial charge in [-0.2, -0.15) is 0 Å². The molecule has 0 saturated heterocycles. The van der Waals surface area contributed by atoms with Gasteiger partial charge in [0, 0.05) is 17.4 Å². The first-order valence-electron chi connectivity index (χ1n) is 5.66. The van der Waals surface area contributed by atoms with Gasteiger partial charge < -0.3 is 5.73 Å². The van der Waals surface area contributed by atoms with Crippen molar-refractivity contribution < 1.29 is 0 Å². The van der Waals surface area contributed by atoms with Gasteiger partial charge in [0.2, 0.25) is 0 Å². The molecule has 2 heterocycles. The van der Waals surface area contributed by atoms with E-state index in [1.165, 1.54) is 5.56 Å². The molecule has 0 saturated carbocycles. The average molecular weight is 302 g/mol. The van der Waals surface area contributed by atoms with Gasteiger partial charge in [-0.3, -0.25) is 4.40 Å². The van der Waals surface area contributed by atoms with Crippen molar-refractivity contribution in [3.8, 4) is 11.4 Å². The summed E-state index contributed by atoms with van der Waals surface area (Å²) in [6.07, 6.45) is 1.90. The normalized spacial score (nSPS) is 11.0. The summed E-state index contributed by atoms with van der Waals surface area (Å²) in [6.45, 7) is 2.08. The van der Waals surface area contributed by atoms with Crippen LogP contribution in [0, 0.1) is 6.92 Å². The van der Waals surface area contributed by atoms with Crippen molar-refractivity contribution in [3.63, 3.8) is 0 Å². The van der Waals surface area contributed by atoms with Crippen molar-refractivity contribution in [2.24, 2.45) is 0 Å². The van der Waals surface area contributed by atoms with Crippen LogP contribution in [-0.2, 0) is 0 Å². The van der Waals surface area contributed by atoms with Crippen molar-refractivity contribution in [2.75, 3.05) is 5.73 Å². The molecule has 0 radical (unpaired) electrons. The summed E-state index contributed by atoms with van der Waals surface area (Å²) in [5, 5.41) is 0. The Morgan fingerprint density at radius 1 is 1.17 bits per heavy atom. The summed E-state index contributed by atoms with van der Waals surface area (Å²) >= 11 is 3.49. The highest BCUT2D eigenvalue weighted by Crippen LogP contribution is 2.28. The second kappa shape index (κ2) is 4.14. The first-order valence-corrected chi connectivity index (χ1v) is 6.45. The van der Waals surface area contributed by atoms with Gasteiger partial charge in [-0.1, -0.05) is 24.3 Å². The van der Waals surface area contributed by atoms with Crippen LogP contribution in [0.5, 0.6) is 0 Å². The quantitative estimate of drug-likeness (QED) is 0.745. The van der Waals surface area contributed by atoms with Crippen LogP contribution in [0.15, 0.2) is 47.2 Å². The lowest BCUT2D eigenvalue weighted by Crippen LogP contribution is -1.94. The van der Waals surface area contributed by atoms with E-state index in [0.29, 0.717) is 0 Å². The number of hydrogen-bond acceptors (Lipinski definition) is 2. The largest absolute Gasteiger partial charge is 0.398 e. The first kappa shape index (κ1) is 11.3. The lowest BCUT2D eigenvalue weighted by atomic mass is 10.1. The zero-order chi connectivity index (χ0) is 12.7.